The minimum Gasteiger partial charge on any atom is -0.285 e. The van der Waals surface area contributed by atoms with Crippen molar-refractivity contribution in [3.05, 3.63) is 35.9 Å². The maximum atomic E-state index is 12.3. The number of benzene rings is 1. The van der Waals surface area contributed by atoms with Gasteiger partial charge in [-0.15, -0.1) is 12.8 Å². The number of amides is 2. The zero-order chi connectivity index (χ0) is 15.9. The molecular weight excluding hydrogens is 276 g/mol. The molecule has 0 aliphatic carbocycles. The lowest BCUT2D eigenvalue weighted by atomic mass is 9.90. The van der Waals surface area contributed by atoms with Crippen LogP contribution in [0.4, 0.5) is 0 Å². The van der Waals surface area contributed by atoms with E-state index >= 15 is 0 Å². The third-order valence-corrected chi connectivity index (χ3v) is 4.56. The predicted octanol–water partition coefficient (Wildman–Crippen LogP) is 0.737. The molecule has 0 spiro atoms. The standard InChI is InChI=1S/C18H16N2O2/c1-4-13-15-16(18(22)19(3)17(15)21)14(5-2)20(13)11-12-9-7-6-8-10-12/h1-2,6-10,13-16H,11H2,3H3/t13-,14-,15-,16+/m0/s1. The molecule has 4 heteroatoms. The summed E-state index contributed by atoms with van der Waals surface area (Å²) >= 11 is 0. The Morgan fingerprint density at radius 3 is 1.95 bits per heavy atom. The van der Waals surface area contributed by atoms with Crippen molar-refractivity contribution < 1.29 is 9.59 Å². The van der Waals surface area contributed by atoms with Crippen LogP contribution in [0.2, 0.25) is 0 Å². The smallest absolute Gasteiger partial charge is 0.235 e. The number of hydrogen-bond acceptors (Lipinski definition) is 3. The molecule has 1 aromatic rings. The fraction of sp³-hybridized carbons (Fsp3) is 0.333. The van der Waals surface area contributed by atoms with Gasteiger partial charge in [-0.1, -0.05) is 42.2 Å². The number of terminal acetylenes is 2. The number of hydrogen-bond donors (Lipinski definition) is 0. The highest BCUT2D eigenvalue weighted by atomic mass is 16.2. The number of imide groups is 1. The second kappa shape index (κ2) is 5.33. The lowest BCUT2D eigenvalue weighted by molar-refractivity contribution is -0.139. The minimum absolute atomic E-state index is 0.228. The Morgan fingerprint density at radius 2 is 1.50 bits per heavy atom. The van der Waals surface area contributed by atoms with Gasteiger partial charge in [0.05, 0.1) is 23.9 Å². The molecule has 0 aromatic heterocycles. The van der Waals surface area contributed by atoms with Crippen molar-refractivity contribution >= 4 is 11.8 Å². The molecule has 4 nitrogen and oxygen atoms in total. The van der Waals surface area contributed by atoms with Gasteiger partial charge in [0.15, 0.2) is 0 Å². The lowest BCUT2D eigenvalue weighted by Gasteiger charge is -2.27. The average molecular weight is 292 g/mol. The van der Waals surface area contributed by atoms with E-state index < -0.39 is 23.9 Å². The fourth-order valence-electron chi connectivity index (χ4n) is 3.50. The van der Waals surface area contributed by atoms with Crippen molar-refractivity contribution in [2.24, 2.45) is 11.8 Å². The molecule has 2 aliphatic rings. The quantitative estimate of drug-likeness (QED) is 0.596. The second-order valence-corrected chi connectivity index (χ2v) is 5.67. The van der Waals surface area contributed by atoms with Crippen molar-refractivity contribution in [3.63, 3.8) is 0 Å². The van der Waals surface area contributed by atoms with Crippen molar-refractivity contribution in [3.8, 4) is 24.7 Å². The number of rotatable bonds is 2. The lowest BCUT2D eigenvalue weighted by Crippen LogP contribution is -2.42. The zero-order valence-corrected chi connectivity index (χ0v) is 12.3. The molecule has 0 bridgehead atoms. The van der Waals surface area contributed by atoms with E-state index in [1.165, 1.54) is 7.05 Å². The summed E-state index contributed by atoms with van der Waals surface area (Å²) in [5.41, 5.74) is 1.05. The minimum atomic E-state index is -0.535. The Bertz CT molecular complexity index is 658. The van der Waals surface area contributed by atoms with Crippen LogP contribution in [0.1, 0.15) is 5.56 Å². The fourth-order valence-corrected chi connectivity index (χ4v) is 3.50. The summed E-state index contributed by atoms with van der Waals surface area (Å²) in [6.07, 6.45) is 11.3. The van der Waals surface area contributed by atoms with E-state index in [4.69, 9.17) is 12.8 Å². The Labute approximate surface area is 130 Å². The highest BCUT2D eigenvalue weighted by Crippen LogP contribution is 2.42. The molecule has 4 atom stereocenters. The monoisotopic (exact) mass is 292 g/mol. The van der Waals surface area contributed by atoms with Gasteiger partial charge >= 0.3 is 0 Å². The molecule has 0 saturated carbocycles. The molecule has 2 saturated heterocycles. The molecule has 1 aromatic carbocycles. The van der Waals surface area contributed by atoms with Gasteiger partial charge in [-0.25, -0.2) is 0 Å². The van der Waals surface area contributed by atoms with E-state index in [0.29, 0.717) is 6.54 Å². The first-order valence-electron chi connectivity index (χ1n) is 7.13. The summed E-state index contributed by atoms with van der Waals surface area (Å²) in [7, 11) is 1.49. The van der Waals surface area contributed by atoms with Gasteiger partial charge in [-0.2, -0.15) is 0 Å². The number of nitrogens with zero attached hydrogens (tertiary/aromatic N) is 2. The summed E-state index contributed by atoms with van der Waals surface area (Å²) in [5, 5.41) is 0. The summed E-state index contributed by atoms with van der Waals surface area (Å²) in [5.74, 6) is 3.82. The van der Waals surface area contributed by atoms with E-state index in [2.05, 4.69) is 11.8 Å². The van der Waals surface area contributed by atoms with E-state index in [1.807, 2.05) is 35.2 Å². The third-order valence-electron chi connectivity index (χ3n) is 4.56. The van der Waals surface area contributed by atoms with Crippen molar-refractivity contribution in [2.75, 3.05) is 7.05 Å². The maximum Gasteiger partial charge on any atom is 0.235 e. The van der Waals surface area contributed by atoms with Gasteiger partial charge in [-0.3, -0.25) is 19.4 Å². The molecule has 0 N–H and O–H groups in total. The summed E-state index contributed by atoms with van der Waals surface area (Å²) in [6.45, 7) is 0.530. The van der Waals surface area contributed by atoms with Crippen LogP contribution in [-0.2, 0) is 16.1 Å². The number of carbonyl (C=O) groups excluding carboxylic acids is 2. The van der Waals surface area contributed by atoms with Gasteiger partial charge < -0.3 is 0 Å². The van der Waals surface area contributed by atoms with Crippen LogP contribution in [0.25, 0.3) is 0 Å². The molecule has 2 amide bonds. The normalized spacial score (nSPS) is 31.0. The first kappa shape index (κ1) is 14.4. The van der Waals surface area contributed by atoms with Gasteiger partial charge in [0.2, 0.25) is 11.8 Å². The van der Waals surface area contributed by atoms with Crippen LogP contribution in [0, 0.1) is 36.5 Å². The van der Waals surface area contributed by atoms with Gasteiger partial charge in [0.1, 0.15) is 0 Å². The van der Waals surface area contributed by atoms with E-state index in [-0.39, 0.29) is 11.8 Å². The van der Waals surface area contributed by atoms with Crippen LogP contribution in [-0.4, -0.2) is 40.7 Å². The summed E-state index contributed by atoms with van der Waals surface area (Å²) in [6, 6.07) is 8.86. The third kappa shape index (κ3) is 1.93. The van der Waals surface area contributed by atoms with Crippen LogP contribution < -0.4 is 0 Å². The Kier molecular flexibility index (Phi) is 3.48. The molecule has 22 heavy (non-hydrogen) atoms. The maximum absolute atomic E-state index is 12.3. The molecule has 110 valence electrons. The van der Waals surface area contributed by atoms with Gasteiger partial charge in [-0.05, 0) is 5.56 Å². The van der Waals surface area contributed by atoms with Gasteiger partial charge in [0, 0.05) is 13.6 Å². The van der Waals surface area contributed by atoms with E-state index in [0.717, 1.165) is 10.5 Å². The molecule has 3 rings (SSSR count). The zero-order valence-electron chi connectivity index (χ0n) is 12.3. The highest BCUT2D eigenvalue weighted by Gasteiger charge is 2.60. The SMILES string of the molecule is C#C[C@H]1[C@@H]2C(=O)N(C)C(=O)[C@@H]2[C@H](C#C)N1Cc1ccccc1. The second-order valence-electron chi connectivity index (χ2n) is 5.67. The summed E-state index contributed by atoms with van der Waals surface area (Å²) in [4.78, 5) is 27.8. The number of carbonyl (C=O) groups is 2. The summed E-state index contributed by atoms with van der Waals surface area (Å²) < 4.78 is 0. The highest BCUT2D eigenvalue weighted by molar-refractivity contribution is 6.06. The number of fused-ring (bicyclic) bond motifs is 1. The largest absolute Gasteiger partial charge is 0.285 e. The predicted molar refractivity (Wildman–Crippen MR) is 82.0 cm³/mol. The molecule has 2 heterocycles. The Hall–Kier alpha value is -2.56. The molecule has 0 radical (unpaired) electrons. The van der Waals surface area contributed by atoms with E-state index in [1.54, 1.807) is 0 Å². The first-order chi connectivity index (χ1) is 10.6. The van der Waals surface area contributed by atoms with E-state index in [9.17, 15) is 9.59 Å². The average Bonchev–Trinajstić information content (AvgIpc) is 2.96. The Balaban J connectivity index is 1.98. The molecular formula is C18H16N2O2. The van der Waals surface area contributed by atoms with Crippen molar-refractivity contribution in [2.45, 2.75) is 18.6 Å². The van der Waals surface area contributed by atoms with Crippen molar-refractivity contribution in [1.82, 2.24) is 9.80 Å². The topological polar surface area (TPSA) is 40.6 Å². The van der Waals surface area contributed by atoms with Crippen LogP contribution in [0.3, 0.4) is 0 Å². The Morgan fingerprint density at radius 1 is 1.00 bits per heavy atom. The van der Waals surface area contributed by atoms with Crippen LogP contribution >= 0.6 is 0 Å². The molecule has 0 unspecified atom stereocenters. The van der Waals surface area contributed by atoms with Crippen LogP contribution in [0.5, 0.6) is 0 Å². The number of likely N-dealkylation sites (tertiary alicyclic amines) is 2. The molecule has 2 fully saturated rings. The van der Waals surface area contributed by atoms with Crippen molar-refractivity contribution in [1.29, 1.82) is 0 Å². The van der Waals surface area contributed by atoms with Gasteiger partial charge in [0.25, 0.3) is 0 Å². The first-order valence-corrected chi connectivity index (χ1v) is 7.13. The molecule has 2 aliphatic heterocycles. The van der Waals surface area contributed by atoms with Crippen LogP contribution in [0.15, 0.2) is 30.3 Å².